The first kappa shape index (κ1) is 20.2. The Morgan fingerprint density at radius 1 is 1.14 bits per heavy atom. The van der Waals surface area contributed by atoms with Crippen LogP contribution in [0.1, 0.15) is 18.4 Å². The second-order valence-corrected chi connectivity index (χ2v) is 8.41. The second kappa shape index (κ2) is 8.24. The third-order valence-corrected chi connectivity index (χ3v) is 6.33. The first-order chi connectivity index (χ1) is 13.3. The van der Waals surface area contributed by atoms with Gasteiger partial charge in [-0.2, -0.15) is 4.31 Å². The standard InChI is InChI=1S/C19H20F2N2O4S/c1-13-11-14(28(25,26)23-9-2-3-10-23)7-8-17(13)27-12-18(24)22-19-15(20)5-4-6-16(19)21/h4-8,11H,2-3,9-10,12H2,1H3,(H,22,24). The molecule has 1 saturated heterocycles. The smallest absolute Gasteiger partial charge is 0.262 e. The number of sulfonamides is 1. The molecule has 1 aliphatic rings. The van der Waals surface area contributed by atoms with Gasteiger partial charge in [0, 0.05) is 13.1 Å². The lowest BCUT2D eigenvalue weighted by Gasteiger charge is -2.17. The molecule has 9 heteroatoms. The molecule has 2 aromatic rings. The maximum absolute atomic E-state index is 13.6. The zero-order chi connectivity index (χ0) is 20.3. The molecule has 2 aromatic carbocycles. The summed E-state index contributed by atoms with van der Waals surface area (Å²) in [5.41, 5.74) is -0.00924. The average Bonchev–Trinajstić information content (AvgIpc) is 3.19. The Morgan fingerprint density at radius 2 is 1.79 bits per heavy atom. The van der Waals surface area contributed by atoms with Gasteiger partial charge in [-0.1, -0.05) is 6.07 Å². The summed E-state index contributed by atoms with van der Waals surface area (Å²) in [6.07, 6.45) is 1.69. The predicted octanol–water partition coefficient (Wildman–Crippen LogP) is 3.08. The number of anilines is 1. The number of rotatable bonds is 6. The maximum atomic E-state index is 13.6. The molecular formula is C19H20F2N2O4S. The molecular weight excluding hydrogens is 390 g/mol. The summed E-state index contributed by atoms with van der Waals surface area (Å²) in [7, 11) is -3.54. The van der Waals surface area contributed by atoms with Gasteiger partial charge in [-0.05, 0) is 55.7 Å². The number of carbonyl (C=O) groups is 1. The lowest BCUT2D eigenvalue weighted by atomic mass is 10.2. The van der Waals surface area contributed by atoms with E-state index >= 15 is 0 Å². The summed E-state index contributed by atoms with van der Waals surface area (Å²) in [6, 6.07) is 7.63. The highest BCUT2D eigenvalue weighted by molar-refractivity contribution is 7.89. The number of amides is 1. The van der Waals surface area contributed by atoms with Crippen molar-refractivity contribution in [3.8, 4) is 5.75 Å². The molecule has 6 nitrogen and oxygen atoms in total. The van der Waals surface area contributed by atoms with E-state index in [1.165, 1.54) is 28.6 Å². The summed E-state index contributed by atoms with van der Waals surface area (Å²) in [6.45, 7) is 2.19. The first-order valence-corrected chi connectivity index (χ1v) is 10.2. The highest BCUT2D eigenvalue weighted by atomic mass is 32.2. The van der Waals surface area contributed by atoms with E-state index in [0.717, 1.165) is 25.0 Å². The number of hydrogen-bond donors (Lipinski definition) is 1. The van der Waals surface area contributed by atoms with Gasteiger partial charge in [-0.25, -0.2) is 17.2 Å². The first-order valence-electron chi connectivity index (χ1n) is 8.76. The van der Waals surface area contributed by atoms with Crippen LogP contribution in [0.15, 0.2) is 41.3 Å². The highest BCUT2D eigenvalue weighted by Crippen LogP contribution is 2.26. The zero-order valence-corrected chi connectivity index (χ0v) is 16.1. The number of hydrogen-bond acceptors (Lipinski definition) is 4. The third-order valence-electron chi connectivity index (χ3n) is 4.44. The van der Waals surface area contributed by atoms with E-state index < -0.39 is 39.9 Å². The number of para-hydroxylation sites is 1. The molecule has 1 amide bonds. The van der Waals surface area contributed by atoms with Crippen LogP contribution in [0.4, 0.5) is 14.5 Å². The van der Waals surface area contributed by atoms with Crippen LogP contribution in [0.3, 0.4) is 0 Å². The number of benzene rings is 2. The van der Waals surface area contributed by atoms with Crippen molar-refractivity contribution in [1.82, 2.24) is 4.31 Å². The van der Waals surface area contributed by atoms with Crippen molar-refractivity contribution in [2.45, 2.75) is 24.7 Å². The number of halogens is 2. The molecule has 1 aliphatic heterocycles. The van der Waals surface area contributed by atoms with Crippen molar-refractivity contribution >= 4 is 21.6 Å². The Kier molecular flexibility index (Phi) is 5.95. The number of aryl methyl sites for hydroxylation is 1. The Hall–Kier alpha value is -2.52. The van der Waals surface area contributed by atoms with Crippen LogP contribution in [-0.4, -0.2) is 38.3 Å². The fourth-order valence-electron chi connectivity index (χ4n) is 2.96. The molecule has 3 rings (SSSR count). The van der Waals surface area contributed by atoms with Gasteiger partial charge in [0.05, 0.1) is 4.90 Å². The molecule has 1 fully saturated rings. The Balaban J connectivity index is 1.66. The van der Waals surface area contributed by atoms with Gasteiger partial charge < -0.3 is 10.1 Å². The van der Waals surface area contributed by atoms with Crippen molar-refractivity contribution < 1.29 is 26.7 Å². The molecule has 0 atom stereocenters. The van der Waals surface area contributed by atoms with Crippen molar-refractivity contribution in [3.63, 3.8) is 0 Å². The molecule has 28 heavy (non-hydrogen) atoms. The lowest BCUT2D eigenvalue weighted by Crippen LogP contribution is -2.28. The Labute approximate surface area is 162 Å². The van der Waals surface area contributed by atoms with Crippen LogP contribution >= 0.6 is 0 Å². The molecule has 0 aliphatic carbocycles. The highest BCUT2D eigenvalue weighted by Gasteiger charge is 2.27. The van der Waals surface area contributed by atoms with Crippen molar-refractivity contribution in [2.24, 2.45) is 0 Å². The van der Waals surface area contributed by atoms with E-state index in [1.807, 2.05) is 0 Å². The van der Waals surface area contributed by atoms with E-state index in [0.29, 0.717) is 24.4 Å². The molecule has 0 bridgehead atoms. The second-order valence-electron chi connectivity index (χ2n) is 6.47. The van der Waals surface area contributed by atoms with Crippen LogP contribution in [-0.2, 0) is 14.8 Å². The van der Waals surface area contributed by atoms with Gasteiger partial charge in [-0.3, -0.25) is 4.79 Å². The summed E-state index contributed by atoms with van der Waals surface area (Å²) in [4.78, 5) is 12.1. The fraction of sp³-hybridized carbons (Fsp3) is 0.316. The third kappa shape index (κ3) is 4.31. The number of carbonyl (C=O) groups excluding carboxylic acids is 1. The minimum absolute atomic E-state index is 0.164. The van der Waals surface area contributed by atoms with Gasteiger partial charge >= 0.3 is 0 Å². The zero-order valence-electron chi connectivity index (χ0n) is 15.2. The van der Waals surface area contributed by atoms with Gasteiger partial charge in [0.15, 0.2) is 6.61 Å². The van der Waals surface area contributed by atoms with Crippen LogP contribution in [0.2, 0.25) is 0 Å². The average molecular weight is 410 g/mol. The summed E-state index contributed by atoms with van der Waals surface area (Å²) in [5, 5.41) is 2.12. The van der Waals surface area contributed by atoms with Crippen LogP contribution in [0, 0.1) is 18.6 Å². The molecule has 1 N–H and O–H groups in total. The number of ether oxygens (including phenoxy) is 1. The van der Waals surface area contributed by atoms with E-state index in [1.54, 1.807) is 6.92 Å². The van der Waals surface area contributed by atoms with Crippen molar-refractivity contribution in [2.75, 3.05) is 25.0 Å². The van der Waals surface area contributed by atoms with Crippen LogP contribution in [0.5, 0.6) is 5.75 Å². The number of nitrogens with zero attached hydrogens (tertiary/aromatic N) is 1. The summed E-state index contributed by atoms with van der Waals surface area (Å²) < 4.78 is 59.1. The van der Waals surface area contributed by atoms with Gasteiger partial charge in [0.2, 0.25) is 10.0 Å². The SMILES string of the molecule is Cc1cc(S(=O)(=O)N2CCCC2)ccc1OCC(=O)Nc1c(F)cccc1F. The van der Waals surface area contributed by atoms with Gasteiger partial charge in [-0.15, -0.1) is 0 Å². The van der Waals surface area contributed by atoms with Crippen LogP contribution in [0.25, 0.3) is 0 Å². The number of nitrogens with one attached hydrogen (secondary N) is 1. The normalized spacial score (nSPS) is 14.8. The molecule has 0 spiro atoms. The Bertz CT molecular complexity index is 969. The van der Waals surface area contributed by atoms with E-state index in [-0.39, 0.29) is 4.90 Å². The van der Waals surface area contributed by atoms with Crippen molar-refractivity contribution in [1.29, 1.82) is 0 Å². The van der Waals surface area contributed by atoms with Crippen LogP contribution < -0.4 is 10.1 Å². The topological polar surface area (TPSA) is 75.7 Å². The minimum Gasteiger partial charge on any atom is -0.483 e. The van der Waals surface area contributed by atoms with E-state index in [2.05, 4.69) is 5.32 Å². The summed E-state index contributed by atoms with van der Waals surface area (Å²) >= 11 is 0. The molecule has 0 unspecified atom stereocenters. The monoisotopic (exact) mass is 410 g/mol. The molecule has 0 radical (unpaired) electrons. The van der Waals surface area contributed by atoms with Gasteiger partial charge in [0.1, 0.15) is 23.1 Å². The fourth-order valence-corrected chi connectivity index (χ4v) is 4.56. The molecule has 150 valence electrons. The largest absolute Gasteiger partial charge is 0.483 e. The van der Waals surface area contributed by atoms with Crippen molar-refractivity contribution in [3.05, 3.63) is 53.6 Å². The Morgan fingerprint density at radius 3 is 2.39 bits per heavy atom. The van der Waals surface area contributed by atoms with Gasteiger partial charge in [0.25, 0.3) is 5.91 Å². The summed E-state index contributed by atoms with van der Waals surface area (Å²) in [5.74, 6) is -2.20. The van der Waals surface area contributed by atoms with E-state index in [4.69, 9.17) is 4.74 Å². The molecule has 0 saturated carbocycles. The maximum Gasteiger partial charge on any atom is 0.262 e. The molecule has 0 aromatic heterocycles. The molecule has 1 heterocycles. The van der Waals surface area contributed by atoms with E-state index in [9.17, 15) is 22.0 Å². The minimum atomic E-state index is -3.54. The lowest BCUT2D eigenvalue weighted by molar-refractivity contribution is -0.118. The quantitative estimate of drug-likeness (QED) is 0.794. The predicted molar refractivity (Wildman–Crippen MR) is 99.7 cm³/mol.